The van der Waals surface area contributed by atoms with Gasteiger partial charge in [0.15, 0.2) is 5.75 Å². The van der Waals surface area contributed by atoms with Gasteiger partial charge in [0.1, 0.15) is 0 Å². The first kappa shape index (κ1) is 14.0. The normalized spacial score (nSPS) is 10.2. The van der Waals surface area contributed by atoms with Crippen LogP contribution in [0.25, 0.3) is 0 Å². The minimum Gasteiger partial charge on any atom is -0.486 e. The lowest BCUT2D eigenvalue weighted by molar-refractivity contribution is -0.385. The van der Waals surface area contributed by atoms with Crippen LogP contribution < -0.4 is 4.74 Å². The van der Waals surface area contributed by atoms with E-state index < -0.39 is 4.92 Å². The molecule has 0 spiro atoms. The Morgan fingerprint density at radius 1 is 1.30 bits per heavy atom. The second kappa shape index (κ2) is 6.63. The summed E-state index contributed by atoms with van der Waals surface area (Å²) in [6, 6.07) is 8.07. The minimum absolute atomic E-state index is 0.103. The number of aliphatic hydroxyl groups is 1. The molecule has 0 aliphatic carbocycles. The molecular weight excluding hydrogens is 260 g/mol. The highest BCUT2D eigenvalue weighted by Crippen LogP contribution is 2.28. The van der Waals surface area contributed by atoms with Crippen LogP contribution in [0.3, 0.4) is 0 Å². The molecule has 2 aromatic rings. The molecule has 0 atom stereocenters. The summed E-state index contributed by atoms with van der Waals surface area (Å²) >= 11 is 0. The van der Waals surface area contributed by atoms with Gasteiger partial charge in [-0.1, -0.05) is 6.07 Å². The Labute approximate surface area is 115 Å². The van der Waals surface area contributed by atoms with Crippen molar-refractivity contribution in [1.82, 2.24) is 4.98 Å². The fourth-order valence-corrected chi connectivity index (χ4v) is 1.75. The van der Waals surface area contributed by atoms with Gasteiger partial charge in [-0.25, -0.2) is 0 Å². The number of rotatable bonds is 6. The third-order valence-electron chi connectivity index (χ3n) is 2.77. The molecule has 20 heavy (non-hydrogen) atoms. The Morgan fingerprint density at radius 3 is 2.80 bits per heavy atom. The topological polar surface area (TPSA) is 85.5 Å². The maximum Gasteiger partial charge on any atom is 0.310 e. The van der Waals surface area contributed by atoms with Crippen molar-refractivity contribution in [2.75, 3.05) is 6.61 Å². The minimum atomic E-state index is -0.499. The summed E-state index contributed by atoms with van der Waals surface area (Å²) in [4.78, 5) is 14.4. The molecule has 6 heteroatoms. The molecule has 0 aliphatic rings. The Hall–Kier alpha value is -2.47. The lowest BCUT2D eigenvalue weighted by Gasteiger charge is -2.08. The molecule has 1 aromatic heterocycles. The van der Waals surface area contributed by atoms with Crippen molar-refractivity contribution in [2.24, 2.45) is 0 Å². The van der Waals surface area contributed by atoms with Crippen LogP contribution in [0.15, 0.2) is 42.7 Å². The third kappa shape index (κ3) is 3.52. The van der Waals surface area contributed by atoms with Gasteiger partial charge in [0, 0.05) is 24.9 Å². The van der Waals surface area contributed by atoms with Crippen molar-refractivity contribution in [2.45, 2.75) is 13.0 Å². The number of benzene rings is 1. The van der Waals surface area contributed by atoms with Gasteiger partial charge in [0.05, 0.1) is 18.1 Å². The Bertz CT molecular complexity index is 587. The maximum atomic E-state index is 10.9. The Balaban J connectivity index is 2.06. The lowest BCUT2D eigenvalue weighted by atomic mass is 10.2. The van der Waals surface area contributed by atoms with Crippen LogP contribution >= 0.6 is 0 Å². The van der Waals surface area contributed by atoms with Crippen molar-refractivity contribution in [3.05, 3.63) is 64.0 Å². The van der Waals surface area contributed by atoms with Crippen molar-refractivity contribution in [3.63, 3.8) is 0 Å². The number of hydrogen-bond acceptors (Lipinski definition) is 5. The van der Waals surface area contributed by atoms with E-state index in [4.69, 9.17) is 9.84 Å². The van der Waals surface area contributed by atoms with Crippen molar-refractivity contribution < 1.29 is 14.8 Å². The molecule has 0 fully saturated rings. The molecule has 0 bridgehead atoms. The number of nitro groups is 1. The van der Waals surface area contributed by atoms with Crippen LogP contribution in [0.2, 0.25) is 0 Å². The summed E-state index contributed by atoms with van der Waals surface area (Å²) < 4.78 is 5.46. The third-order valence-corrected chi connectivity index (χ3v) is 2.77. The average Bonchev–Trinajstić information content (AvgIpc) is 2.48. The number of ether oxygens (including phenoxy) is 1. The van der Waals surface area contributed by atoms with Crippen LogP contribution in [0, 0.1) is 10.1 Å². The molecule has 0 amide bonds. The average molecular weight is 274 g/mol. The van der Waals surface area contributed by atoms with E-state index in [1.54, 1.807) is 12.4 Å². The van der Waals surface area contributed by atoms with Gasteiger partial charge in [-0.15, -0.1) is 0 Å². The number of aliphatic hydroxyl groups excluding tert-OH is 1. The number of hydrogen-bond donors (Lipinski definition) is 1. The molecule has 2 rings (SSSR count). The van der Waals surface area contributed by atoms with Gasteiger partial charge < -0.3 is 9.84 Å². The number of nitro benzene ring substituents is 1. The standard InChI is InChI=1S/C14H14N2O4/c17-10-12-3-4-13(16(18)19)14(8-12)20-7-5-11-2-1-6-15-9-11/h1-4,6,8-9,17H,5,7,10H2. The van der Waals surface area contributed by atoms with Crippen LogP contribution in [-0.2, 0) is 13.0 Å². The number of pyridine rings is 1. The highest BCUT2D eigenvalue weighted by Gasteiger charge is 2.15. The summed E-state index contributed by atoms with van der Waals surface area (Å²) in [5, 5.41) is 20.0. The first-order valence-electron chi connectivity index (χ1n) is 6.10. The zero-order valence-corrected chi connectivity index (χ0v) is 10.7. The van der Waals surface area contributed by atoms with E-state index in [1.807, 2.05) is 12.1 Å². The van der Waals surface area contributed by atoms with E-state index in [0.29, 0.717) is 18.6 Å². The van der Waals surface area contributed by atoms with E-state index in [1.165, 1.54) is 18.2 Å². The molecule has 0 radical (unpaired) electrons. The molecule has 104 valence electrons. The van der Waals surface area contributed by atoms with Gasteiger partial charge >= 0.3 is 5.69 Å². The smallest absolute Gasteiger partial charge is 0.310 e. The van der Waals surface area contributed by atoms with Gasteiger partial charge in [-0.05, 0) is 29.3 Å². The van der Waals surface area contributed by atoms with Crippen LogP contribution in [0.5, 0.6) is 5.75 Å². The summed E-state index contributed by atoms with van der Waals surface area (Å²) in [6.07, 6.45) is 4.01. The highest BCUT2D eigenvalue weighted by molar-refractivity contribution is 5.48. The van der Waals surface area contributed by atoms with E-state index in [2.05, 4.69) is 4.98 Å². The van der Waals surface area contributed by atoms with E-state index in [0.717, 1.165) is 5.56 Å². The van der Waals surface area contributed by atoms with E-state index in [-0.39, 0.29) is 18.0 Å². The molecule has 0 unspecified atom stereocenters. The lowest BCUT2D eigenvalue weighted by Crippen LogP contribution is -2.04. The predicted molar refractivity (Wildman–Crippen MR) is 72.5 cm³/mol. The molecule has 1 aromatic carbocycles. The summed E-state index contributed by atoms with van der Waals surface area (Å²) in [5.74, 6) is 0.172. The fourth-order valence-electron chi connectivity index (χ4n) is 1.75. The molecule has 1 heterocycles. The second-order valence-corrected chi connectivity index (χ2v) is 4.18. The van der Waals surface area contributed by atoms with Crippen molar-refractivity contribution >= 4 is 5.69 Å². The van der Waals surface area contributed by atoms with Gasteiger partial charge in [0.2, 0.25) is 0 Å². The van der Waals surface area contributed by atoms with E-state index >= 15 is 0 Å². The Kier molecular flexibility index (Phi) is 4.62. The zero-order valence-electron chi connectivity index (χ0n) is 10.7. The van der Waals surface area contributed by atoms with E-state index in [9.17, 15) is 10.1 Å². The van der Waals surface area contributed by atoms with Crippen molar-refractivity contribution in [3.8, 4) is 5.75 Å². The molecule has 0 saturated heterocycles. The van der Waals surface area contributed by atoms with Crippen LogP contribution in [0.4, 0.5) is 5.69 Å². The largest absolute Gasteiger partial charge is 0.486 e. The molecule has 6 nitrogen and oxygen atoms in total. The monoisotopic (exact) mass is 274 g/mol. The highest BCUT2D eigenvalue weighted by atomic mass is 16.6. The molecule has 1 N–H and O–H groups in total. The van der Waals surface area contributed by atoms with Crippen molar-refractivity contribution in [1.29, 1.82) is 0 Å². The molecule has 0 saturated carbocycles. The van der Waals surface area contributed by atoms with Gasteiger partial charge in [0.25, 0.3) is 0 Å². The van der Waals surface area contributed by atoms with Crippen LogP contribution in [0.1, 0.15) is 11.1 Å². The summed E-state index contributed by atoms with van der Waals surface area (Å²) in [5.41, 5.74) is 1.47. The SMILES string of the molecule is O=[N+]([O-])c1ccc(CO)cc1OCCc1cccnc1. The van der Waals surface area contributed by atoms with Crippen LogP contribution in [-0.4, -0.2) is 21.6 Å². The molecular formula is C14H14N2O4. The van der Waals surface area contributed by atoms with Gasteiger partial charge in [-0.2, -0.15) is 0 Å². The zero-order chi connectivity index (χ0) is 14.4. The number of aromatic nitrogens is 1. The fraction of sp³-hybridized carbons (Fsp3) is 0.214. The quantitative estimate of drug-likeness (QED) is 0.644. The Morgan fingerprint density at radius 2 is 2.15 bits per heavy atom. The first-order chi connectivity index (χ1) is 9.70. The maximum absolute atomic E-state index is 10.9. The summed E-state index contributed by atoms with van der Waals surface area (Å²) in [6.45, 7) is 0.123. The summed E-state index contributed by atoms with van der Waals surface area (Å²) in [7, 11) is 0. The number of nitrogens with zero attached hydrogens (tertiary/aromatic N) is 2. The van der Waals surface area contributed by atoms with Gasteiger partial charge in [-0.3, -0.25) is 15.1 Å². The second-order valence-electron chi connectivity index (χ2n) is 4.18. The molecule has 0 aliphatic heterocycles. The predicted octanol–water partition coefficient (Wildman–Crippen LogP) is 2.10. The first-order valence-corrected chi connectivity index (χ1v) is 6.10.